The highest BCUT2D eigenvalue weighted by Crippen LogP contribution is 2.45. The molecule has 1 aromatic heterocycles. The topological polar surface area (TPSA) is 78.2 Å². The van der Waals surface area contributed by atoms with Crippen LogP contribution in [-0.4, -0.2) is 79.7 Å². The van der Waals surface area contributed by atoms with E-state index in [2.05, 4.69) is 21.6 Å². The predicted octanol–water partition coefficient (Wildman–Crippen LogP) is 4.78. The lowest BCUT2D eigenvalue weighted by Crippen LogP contribution is -2.57. The molecule has 230 valence electrons. The second-order valence-corrected chi connectivity index (χ2v) is 12.2. The number of hydrogen-bond acceptors (Lipinski definition) is 7. The number of fused-ring (bicyclic) bond motifs is 2. The Hall–Kier alpha value is -4.01. The highest BCUT2D eigenvalue weighted by atomic mass is 35.5. The van der Waals surface area contributed by atoms with Gasteiger partial charge in [-0.25, -0.2) is 15.4 Å². The van der Waals surface area contributed by atoms with Crippen LogP contribution in [0.15, 0.2) is 42.7 Å². The van der Waals surface area contributed by atoms with Crippen molar-refractivity contribution in [2.75, 3.05) is 62.7 Å². The molecule has 3 heterocycles. The molecule has 1 aliphatic carbocycles. The second-order valence-electron chi connectivity index (χ2n) is 11.8. The Morgan fingerprint density at radius 3 is 2.77 bits per heavy atom. The molecule has 2 aliphatic heterocycles. The number of aromatic nitrogens is 2. The molecule has 0 bridgehead atoms. The van der Waals surface area contributed by atoms with Gasteiger partial charge >= 0.3 is 6.01 Å². The number of carbonyl (C=O) groups excluding carboxylic acids is 1. The van der Waals surface area contributed by atoms with Crippen LogP contribution < -0.4 is 19.9 Å². The zero-order valence-corrected chi connectivity index (χ0v) is 25.3. The number of nitrogens with one attached hydrogen (secondary N) is 1. The van der Waals surface area contributed by atoms with Gasteiger partial charge in [0.1, 0.15) is 17.7 Å². The Bertz CT molecular complexity index is 1660. The number of benzene rings is 2. The minimum absolute atomic E-state index is 0.0326. The molecular formula is C32H34ClF2N7O2. The van der Waals surface area contributed by atoms with E-state index in [4.69, 9.17) is 32.9 Å². The summed E-state index contributed by atoms with van der Waals surface area (Å²) in [6.07, 6.45) is 2.73. The summed E-state index contributed by atoms with van der Waals surface area (Å²) in [6, 6.07) is 8.64. The molecule has 12 heteroatoms. The van der Waals surface area contributed by atoms with Crippen molar-refractivity contribution in [1.29, 1.82) is 0 Å². The lowest BCUT2D eigenvalue weighted by atomic mass is 10.0. The van der Waals surface area contributed by atoms with Gasteiger partial charge in [-0.05, 0) is 43.8 Å². The summed E-state index contributed by atoms with van der Waals surface area (Å²) in [4.78, 5) is 31.4. The molecule has 0 spiro atoms. The summed E-state index contributed by atoms with van der Waals surface area (Å²) in [5.41, 5.74) is 2.63. The Kier molecular flexibility index (Phi) is 8.31. The molecule has 3 aliphatic rings. The normalized spacial score (nSPS) is 19.0. The summed E-state index contributed by atoms with van der Waals surface area (Å²) in [6.45, 7) is 14.0. The van der Waals surface area contributed by atoms with Gasteiger partial charge in [0.05, 0.1) is 23.9 Å². The standard InChI is InChI=1S/C32H34ClF2N7O2/c1-20(34)30(43)42-14-13-41(16-22(42)15-36-2)29-23-9-12-40(26-6-4-5-21-7-8-24(35)28(33)27(21)26)17-25(23)38-31(39-29)44-19-32(10-11-32)18-37-3/h4-8,22,37H,1,9-19H2,3H3/t22-/m0/s1. The predicted molar refractivity (Wildman–Crippen MR) is 166 cm³/mol. The first-order valence-electron chi connectivity index (χ1n) is 14.8. The smallest absolute Gasteiger partial charge is 0.318 e. The second kappa shape index (κ2) is 12.2. The van der Waals surface area contributed by atoms with E-state index in [1.165, 1.54) is 11.0 Å². The maximum Gasteiger partial charge on any atom is 0.318 e. The Morgan fingerprint density at radius 1 is 1.23 bits per heavy atom. The maximum absolute atomic E-state index is 14.5. The molecule has 2 fully saturated rings. The number of piperazine rings is 1. The summed E-state index contributed by atoms with van der Waals surface area (Å²) in [5.74, 6) is -1.59. The third-order valence-electron chi connectivity index (χ3n) is 8.87. The van der Waals surface area contributed by atoms with Crippen LogP contribution in [0.5, 0.6) is 6.01 Å². The highest BCUT2D eigenvalue weighted by Gasteiger charge is 2.43. The van der Waals surface area contributed by atoms with Crippen LogP contribution in [0.25, 0.3) is 15.6 Å². The molecule has 1 saturated heterocycles. The minimum Gasteiger partial charge on any atom is -0.463 e. The average molecular weight is 622 g/mol. The van der Waals surface area contributed by atoms with Crippen LogP contribution >= 0.6 is 11.6 Å². The Labute approximate surface area is 260 Å². The van der Waals surface area contributed by atoms with Crippen molar-refractivity contribution in [2.24, 2.45) is 5.41 Å². The van der Waals surface area contributed by atoms with E-state index in [0.717, 1.165) is 41.7 Å². The molecule has 0 unspecified atom stereocenters. The average Bonchev–Trinajstić information content (AvgIpc) is 3.80. The van der Waals surface area contributed by atoms with Gasteiger partial charge in [0.15, 0.2) is 5.83 Å². The van der Waals surface area contributed by atoms with Crippen LogP contribution in [0, 0.1) is 17.8 Å². The molecule has 9 nitrogen and oxygen atoms in total. The van der Waals surface area contributed by atoms with Crippen molar-refractivity contribution >= 4 is 39.8 Å². The van der Waals surface area contributed by atoms with Crippen molar-refractivity contribution < 1.29 is 18.3 Å². The fourth-order valence-electron chi connectivity index (χ4n) is 6.35. The number of carbonyl (C=O) groups is 1. The van der Waals surface area contributed by atoms with E-state index >= 15 is 0 Å². The molecular weight excluding hydrogens is 588 g/mol. The van der Waals surface area contributed by atoms with Gasteiger partial charge in [-0.3, -0.25) is 4.79 Å². The third-order valence-corrected chi connectivity index (χ3v) is 9.24. The Morgan fingerprint density at radius 2 is 2.05 bits per heavy atom. The molecule has 0 radical (unpaired) electrons. The largest absolute Gasteiger partial charge is 0.463 e. The van der Waals surface area contributed by atoms with Gasteiger partial charge < -0.3 is 29.6 Å². The first-order chi connectivity index (χ1) is 21.2. The molecule has 44 heavy (non-hydrogen) atoms. The van der Waals surface area contributed by atoms with E-state index in [-0.39, 0.29) is 29.5 Å². The zero-order valence-electron chi connectivity index (χ0n) is 24.6. The van der Waals surface area contributed by atoms with E-state index in [1.54, 1.807) is 6.07 Å². The fraction of sp³-hybridized carbons (Fsp3) is 0.438. The molecule has 1 N–H and O–H groups in total. The van der Waals surface area contributed by atoms with Crippen LogP contribution in [0.2, 0.25) is 5.02 Å². The summed E-state index contributed by atoms with van der Waals surface area (Å²) in [5, 5.41) is 4.83. The Balaban J connectivity index is 1.35. The van der Waals surface area contributed by atoms with Crippen LogP contribution in [-0.2, 0) is 17.8 Å². The van der Waals surface area contributed by atoms with Crippen molar-refractivity contribution in [3.8, 4) is 6.01 Å². The number of hydrogen-bond donors (Lipinski definition) is 1. The summed E-state index contributed by atoms with van der Waals surface area (Å²) >= 11 is 6.47. The first kappa shape index (κ1) is 30.0. The zero-order chi connectivity index (χ0) is 31.0. The molecule has 1 saturated carbocycles. The number of rotatable bonds is 9. The summed E-state index contributed by atoms with van der Waals surface area (Å²) < 4.78 is 34.6. The van der Waals surface area contributed by atoms with Gasteiger partial charge in [-0.1, -0.05) is 36.4 Å². The molecule has 2 aromatic carbocycles. The molecule has 1 atom stereocenters. The van der Waals surface area contributed by atoms with Gasteiger partial charge in [0, 0.05) is 54.8 Å². The number of nitrogens with zero attached hydrogens (tertiary/aromatic N) is 6. The monoisotopic (exact) mass is 621 g/mol. The van der Waals surface area contributed by atoms with Crippen molar-refractivity contribution in [3.63, 3.8) is 0 Å². The SMILES string of the molecule is [C-]#[N+]C[C@H]1CN(c2nc(OCC3(CNC)CC3)nc3c2CCN(c2cccc4ccc(F)c(Cl)c24)C3)CCN1C(=O)C(=C)F. The van der Waals surface area contributed by atoms with Gasteiger partial charge in [0.2, 0.25) is 6.54 Å². The van der Waals surface area contributed by atoms with Crippen molar-refractivity contribution in [1.82, 2.24) is 20.2 Å². The lowest BCUT2D eigenvalue weighted by molar-refractivity contribution is -0.131. The van der Waals surface area contributed by atoms with Gasteiger partial charge in [-0.15, -0.1) is 0 Å². The van der Waals surface area contributed by atoms with Crippen molar-refractivity contribution in [3.05, 3.63) is 76.3 Å². The van der Waals surface area contributed by atoms with E-state index < -0.39 is 23.6 Å². The number of amides is 1. The highest BCUT2D eigenvalue weighted by molar-refractivity contribution is 6.36. The quantitative estimate of drug-likeness (QED) is 0.272. The summed E-state index contributed by atoms with van der Waals surface area (Å²) in [7, 11) is 1.93. The van der Waals surface area contributed by atoms with E-state index in [9.17, 15) is 13.6 Å². The molecule has 6 rings (SSSR count). The maximum atomic E-state index is 14.5. The van der Waals surface area contributed by atoms with Crippen LogP contribution in [0.3, 0.4) is 0 Å². The third kappa shape index (κ3) is 5.76. The van der Waals surface area contributed by atoms with Crippen LogP contribution in [0.4, 0.5) is 20.3 Å². The van der Waals surface area contributed by atoms with E-state index in [0.29, 0.717) is 50.4 Å². The lowest BCUT2D eigenvalue weighted by Gasteiger charge is -2.41. The molecule has 3 aromatic rings. The van der Waals surface area contributed by atoms with E-state index in [1.807, 2.05) is 30.1 Å². The van der Waals surface area contributed by atoms with Crippen molar-refractivity contribution in [2.45, 2.75) is 31.8 Å². The fourth-order valence-corrected chi connectivity index (χ4v) is 6.62. The minimum atomic E-state index is -1.03. The first-order valence-corrected chi connectivity index (χ1v) is 15.1. The van der Waals surface area contributed by atoms with Gasteiger partial charge in [0.25, 0.3) is 5.91 Å². The molecule has 1 amide bonds. The number of halogens is 3. The number of ether oxygens (including phenoxy) is 1. The number of anilines is 2. The van der Waals surface area contributed by atoms with Gasteiger partial charge in [-0.2, -0.15) is 9.97 Å². The van der Waals surface area contributed by atoms with Crippen LogP contribution in [0.1, 0.15) is 24.1 Å².